The van der Waals surface area contributed by atoms with Gasteiger partial charge in [0.1, 0.15) is 0 Å². The first-order chi connectivity index (χ1) is 0. The van der Waals surface area contributed by atoms with E-state index < -0.39 is 0 Å². The first kappa shape index (κ1) is 82.6. The average molecular weight is 300 g/mol. The van der Waals surface area contributed by atoms with Gasteiger partial charge in [0, 0.05) is 21.1 Å². The van der Waals surface area contributed by atoms with Crippen LogP contribution in [0.1, 0.15) is 0 Å². The van der Waals surface area contributed by atoms with E-state index in [1.165, 1.54) is 0 Å². The zero-order valence-electron chi connectivity index (χ0n) is 4.65. The maximum absolute atomic E-state index is 0. The van der Waals surface area contributed by atoms with Crippen molar-refractivity contribution in [2.75, 3.05) is 0 Å². The Morgan fingerprint density at radius 2 is 0.286 bits per heavy atom. The molecule has 0 N–H and O–H groups in total. The monoisotopic (exact) mass is 302 g/mol. The summed E-state index contributed by atoms with van der Waals surface area (Å²) in [6.07, 6.45) is 0. The molecule has 0 fully saturated rings. The Morgan fingerprint density at radius 1 is 0.286 bits per heavy atom. The second kappa shape index (κ2) is 59.3. The fourth-order valence-electron chi connectivity index (χ4n) is 0. The van der Waals surface area contributed by atoms with Crippen LogP contribution in [0, 0.1) is 0 Å². The smallest absolute Gasteiger partial charge is 0 e. The van der Waals surface area contributed by atoms with Crippen molar-refractivity contribution in [2.45, 2.75) is 0 Å². The number of hydrogen-bond acceptors (Lipinski definition) is 0. The summed E-state index contributed by atoms with van der Waals surface area (Å²) < 4.78 is 0. The van der Waals surface area contributed by atoms with Crippen LogP contribution >= 0.6 is 59.4 Å². The second-order valence-electron chi connectivity index (χ2n) is 0. The normalized spacial score (nSPS) is 0. The van der Waals surface area contributed by atoms with Gasteiger partial charge in [0.15, 0.2) is 0 Å². The molecule has 54 valence electrons. The fourth-order valence-corrected chi connectivity index (χ4v) is 0. The van der Waals surface area contributed by atoms with Gasteiger partial charge in [-0.15, -0.1) is 0 Å². The maximum Gasteiger partial charge on any atom is 0 e. The van der Waals surface area contributed by atoms with E-state index in [1.807, 2.05) is 0 Å². The molecule has 0 aliphatic rings. The van der Waals surface area contributed by atoms with Gasteiger partial charge < -0.3 is 0 Å². The summed E-state index contributed by atoms with van der Waals surface area (Å²) in [5, 5.41) is 0. The van der Waals surface area contributed by atoms with E-state index >= 15 is 0 Å². The molecule has 0 bridgehead atoms. The molecular weight excluding hydrogens is 282 g/mol. The fraction of sp³-hybridized carbons (Fsp3) is 0. The minimum Gasteiger partial charge on any atom is -0.153 e. The van der Waals surface area contributed by atoms with Crippen molar-refractivity contribution >= 4 is 59.4 Å². The van der Waals surface area contributed by atoms with Crippen LogP contribution in [0.3, 0.4) is 0 Å². The predicted octanol–water partition coefficient (Wildman–Crippen LogP) is 0.346. The second-order valence-corrected chi connectivity index (χ2v) is 0. The molecule has 0 heterocycles. The van der Waals surface area contributed by atoms with Gasteiger partial charge in [0.25, 0.3) is 0 Å². The molecule has 0 saturated heterocycles. The van der Waals surface area contributed by atoms with E-state index in [1.54, 1.807) is 0 Å². The van der Waals surface area contributed by atoms with Gasteiger partial charge in [-0.2, -0.15) is 59.4 Å². The zero-order chi connectivity index (χ0) is 0. The molecule has 0 saturated carbocycles. The van der Waals surface area contributed by atoms with E-state index in [9.17, 15) is 0 Å². The quantitative estimate of drug-likeness (QED) is 0.447. The third-order valence-electron chi connectivity index (χ3n) is 0. The molecule has 0 nitrogen and oxygen atoms in total. The van der Waals surface area contributed by atoms with Gasteiger partial charge >= 0.3 is 0 Å². The van der Waals surface area contributed by atoms with E-state index in [0.29, 0.717) is 0 Å². The van der Waals surface area contributed by atoms with E-state index in [0.717, 1.165) is 0 Å². The molecule has 0 spiro atoms. The van der Waals surface area contributed by atoms with Crippen LogP contribution in [0.2, 0.25) is 0 Å². The summed E-state index contributed by atoms with van der Waals surface area (Å²) in [6, 6.07) is 0. The van der Waals surface area contributed by atoms with Crippen molar-refractivity contribution in [1.82, 2.24) is 0 Å². The Labute approximate surface area is 80.3 Å². The van der Waals surface area contributed by atoms with Crippen LogP contribution in [0.25, 0.3) is 0 Å². The summed E-state index contributed by atoms with van der Waals surface area (Å²) in [7, 11) is 0. The molecule has 0 aromatic rings. The first-order valence-corrected chi connectivity index (χ1v) is 0. The molecule has 0 amide bonds. The minimum absolute atomic E-state index is 0. The van der Waals surface area contributed by atoms with Crippen LogP contribution < -0.4 is 0 Å². The van der Waals surface area contributed by atoms with Crippen LogP contribution in [0.4, 0.5) is 0 Å². The molecule has 0 aromatic carbocycles. The molecule has 0 aromatic heterocycles. The van der Waals surface area contributed by atoms with E-state index in [4.69, 9.17) is 0 Å². The summed E-state index contributed by atoms with van der Waals surface area (Å²) >= 11 is 0. The van der Waals surface area contributed by atoms with Crippen molar-refractivity contribution in [3.05, 3.63) is 0 Å². The Hall–Kier alpha value is 3.27. The summed E-state index contributed by atoms with van der Waals surface area (Å²) in [5.41, 5.74) is 0. The third kappa shape index (κ3) is 45.8. The summed E-state index contributed by atoms with van der Waals surface area (Å²) in [4.78, 5) is 0. The standard InChI is InChI=1S/Mo.6H3P/h;6*1H3. The molecule has 7 heavy (non-hydrogen) atoms. The minimum atomic E-state index is 0. The average Bonchev–Trinajstić information content (AvgIpc) is 0. The van der Waals surface area contributed by atoms with Gasteiger partial charge in [-0.1, -0.05) is 0 Å². The van der Waals surface area contributed by atoms with Gasteiger partial charge in [-0.25, -0.2) is 0 Å². The molecule has 0 rings (SSSR count). The maximum atomic E-state index is 0. The van der Waals surface area contributed by atoms with Crippen molar-refractivity contribution in [3.63, 3.8) is 0 Å². The van der Waals surface area contributed by atoms with Crippen molar-refractivity contribution < 1.29 is 21.1 Å². The van der Waals surface area contributed by atoms with Crippen LogP contribution in [-0.2, 0) is 21.1 Å². The van der Waals surface area contributed by atoms with E-state index in [2.05, 4.69) is 0 Å². The van der Waals surface area contributed by atoms with Crippen molar-refractivity contribution in [3.8, 4) is 0 Å². The largest absolute Gasteiger partial charge is 0.153 e. The Balaban J connectivity index is 0. The van der Waals surface area contributed by atoms with Crippen LogP contribution in [0.5, 0.6) is 0 Å². The molecule has 0 aliphatic carbocycles. The molecule has 0 aliphatic heterocycles. The molecule has 6 unspecified atom stereocenters. The topological polar surface area (TPSA) is 0 Å². The number of hydrogen-bond donors (Lipinski definition) is 0. The van der Waals surface area contributed by atoms with Gasteiger partial charge in [-0.3, -0.25) is 0 Å². The van der Waals surface area contributed by atoms with E-state index in [-0.39, 0.29) is 80.5 Å². The van der Waals surface area contributed by atoms with Gasteiger partial charge in [0.2, 0.25) is 0 Å². The van der Waals surface area contributed by atoms with Crippen molar-refractivity contribution in [1.29, 1.82) is 0 Å². The van der Waals surface area contributed by atoms with Crippen LogP contribution in [-0.4, -0.2) is 0 Å². The third-order valence-corrected chi connectivity index (χ3v) is 0. The Bertz CT molecular complexity index is 4.14. The predicted molar refractivity (Wildman–Crippen MR) is 66.6 cm³/mol. The molecule has 6 atom stereocenters. The SMILES string of the molecule is P.P.P.P.P.P.[Mo]. The van der Waals surface area contributed by atoms with Crippen LogP contribution in [0.15, 0.2) is 0 Å². The molecular formula is H18MoP6. The zero-order valence-corrected chi connectivity index (χ0v) is 15.1. The first-order valence-electron chi connectivity index (χ1n) is 0. The summed E-state index contributed by atoms with van der Waals surface area (Å²) in [6.45, 7) is 0. The number of rotatable bonds is 0. The summed E-state index contributed by atoms with van der Waals surface area (Å²) in [5.74, 6) is 0. The molecule has 0 radical (unpaired) electrons. The Morgan fingerprint density at radius 3 is 0.286 bits per heavy atom. The van der Waals surface area contributed by atoms with Gasteiger partial charge in [0.05, 0.1) is 0 Å². The molecule has 7 heteroatoms. The van der Waals surface area contributed by atoms with Crippen molar-refractivity contribution in [2.24, 2.45) is 0 Å². The van der Waals surface area contributed by atoms with Gasteiger partial charge in [-0.05, 0) is 0 Å². The Kier molecular flexibility index (Phi) is 700.